The highest BCUT2D eigenvalue weighted by atomic mass is 32.1. The molecule has 0 spiro atoms. The molecule has 0 bridgehead atoms. The van der Waals surface area contributed by atoms with E-state index in [-0.39, 0.29) is 11.9 Å². The number of nitrogens with one attached hydrogen (secondary N) is 1. The van der Waals surface area contributed by atoms with Crippen molar-refractivity contribution in [3.8, 4) is 0 Å². The van der Waals surface area contributed by atoms with E-state index in [9.17, 15) is 4.79 Å². The Bertz CT molecular complexity index is 497. The molecule has 2 aliphatic rings. The summed E-state index contributed by atoms with van der Waals surface area (Å²) in [7, 11) is 0. The molecule has 1 aliphatic carbocycles. The van der Waals surface area contributed by atoms with Crippen LogP contribution in [0.4, 0.5) is 0 Å². The number of carbonyl (C=O) groups is 1. The Balaban J connectivity index is 1.60. The number of carbonyl (C=O) groups excluding carboxylic acids is 1. The molecule has 5 nitrogen and oxygen atoms in total. The number of amides is 1. The lowest BCUT2D eigenvalue weighted by Crippen LogP contribution is -2.40. The molecule has 0 radical (unpaired) electrons. The zero-order valence-corrected chi connectivity index (χ0v) is 13.1. The van der Waals surface area contributed by atoms with Crippen molar-refractivity contribution in [2.75, 3.05) is 13.1 Å². The van der Waals surface area contributed by atoms with E-state index < -0.39 is 0 Å². The lowest BCUT2D eigenvalue weighted by Gasteiger charge is -2.20. The first-order valence-electron chi connectivity index (χ1n) is 7.43. The minimum atomic E-state index is -0.115. The Kier molecular flexibility index (Phi) is 3.77. The van der Waals surface area contributed by atoms with Gasteiger partial charge in [-0.25, -0.2) is 4.98 Å². The molecule has 1 saturated carbocycles. The van der Waals surface area contributed by atoms with Gasteiger partial charge in [-0.15, -0.1) is 0 Å². The van der Waals surface area contributed by atoms with Crippen LogP contribution >= 0.6 is 11.5 Å². The van der Waals surface area contributed by atoms with Gasteiger partial charge in [0.15, 0.2) is 0 Å². The molecule has 1 N–H and O–H groups in total. The summed E-state index contributed by atoms with van der Waals surface area (Å²) in [6, 6.07) is 0.732. The van der Waals surface area contributed by atoms with Crippen molar-refractivity contribution >= 4 is 17.4 Å². The second-order valence-electron chi connectivity index (χ2n) is 6.34. The molecule has 2 heterocycles. The quantitative estimate of drug-likeness (QED) is 0.921. The summed E-state index contributed by atoms with van der Waals surface area (Å²) in [6.07, 6.45) is 2.39. The van der Waals surface area contributed by atoms with Gasteiger partial charge in [-0.3, -0.25) is 9.69 Å². The number of hydrogen-bond donors (Lipinski definition) is 1. The molecule has 110 valence electrons. The molecule has 1 aliphatic heterocycles. The van der Waals surface area contributed by atoms with Crippen LogP contribution in [-0.4, -0.2) is 45.3 Å². The third-order valence-corrected chi connectivity index (χ3v) is 5.13. The van der Waals surface area contributed by atoms with E-state index in [0.29, 0.717) is 23.7 Å². The lowest BCUT2D eigenvalue weighted by molar-refractivity contribution is 0.0921. The van der Waals surface area contributed by atoms with Crippen LogP contribution in [0.3, 0.4) is 0 Å². The summed E-state index contributed by atoms with van der Waals surface area (Å²) in [5.41, 5.74) is 0. The van der Waals surface area contributed by atoms with E-state index in [4.69, 9.17) is 0 Å². The van der Waals surface area contributed by atoms with E-state index in [1.54, 1.807) is 0 Å². The molecule has 1 aromatic heterocycles. The summed E-state index contributed by atoms with van der Waals surface area (Å²) in [5, 5.41) is 4.13. The van der Waals surface area contributed by atoms with E-state index >= 15 is 0 Å². The Morgan fingerprint density at radius 1 is 1.40 bits per heavy atom. The van der Waals surface area contributed by atoms with Crippen LogP contribution in [0.15, 0.2) is 0 Å². The standard InChI is InChI=1S/C14H22N4OS/c1-8(2)18-6-9(3)11(7-18)15-13(19)12-16-14(20-17-12)10-4-5-10/h8-11H,4-7H2,1-3H3,(H,15,19)/t9-,11+/m1/s1. The summed E-state index contributed by atoms with van der Waals surface area (Å²) in [4.78, 5) is 19.0. The van der Waals surface area contributed by atoms with Crippen LogP contribution in [0.1, 0.15) is 55.2 Å². The third kappa shape index (κ3) is 2.86. The fourth-order valence-corrected chi connectivity index (χ4v) is 3.49. The Morgan fingerprint density at radius 3 is 2.75 bits per heavy atom. The molecule has 0 unspecified atom stereocenters. The van der Waals surface area contributed by atoms with Crippen molar-refractivity contribution in [3.05, 3.63) is 10.8 Å². The largest absolute Gasteiger partial charge is 0.345 e. The predicted molar refractivity (Wildman–Crippen MR) is 79.0 cm³/mol. The van der Waals surface area contributed by atoms with Crippen molar-refractivity contribution < 1.29 is 4.79 Å². The van der Waals surface area contributed by atoms with Crippen molar-refractivity contribution in [1.82, 2.24) is 19.6 Å². The average Bonchev–Trinajstić information content (AvgIpc) is 3.01. The topological polar surface area (TPSA) is 58.1 Å². The van der Waals surface area contributed by atoms with Crippen molar-refractivity contribution in [2.24, 2.45) is 5.92 Å². The highest BCUT2D eigenvalue weighted by molar-refractivity contribution is 7.05. The van der Waals surface area contributed by atoms with Crippen LogP contribution < -0.4 is 5.32 Å². The monoisotopic (exact) mass is 294 g/mol. The fraction of sp³-hybridized carbons (Fsp3) is 0.786. The zero-order chi connectivity index (χ0) is 14.3. The van der Waals surface area contributed by atoms with Crippen LogP contribution in [0.5, 0.6) is 0 Å². The Labute approximate surface area is 123 Å². The van der Waals surface area contributed by atoms with Gasteiger partial charge in [0.05, 0.1) is 0 Å². The molecule has 1 saturated heterocycles. The maximum absolute atomic E-state index is 12.2. The smallest absolute Gasteiger partial charge is 0.290 e. The molecular weight excluding hydrogens is 272 g/mol. The van der Waals surface area contributed by atoms with Crippen molar-refractivity contribution in [1.29, 1.82) is 0 Å². The average molecular weight is 294 g/mol. The van der Waals surface area contributed by atoms with E-state index in [2.05, 4.69) is 40.3 Å². The van der Waals surface area contributed by atoms with Crippen LogP contribution in [0.2, 0.25) is 0 Å². The number of hydrogen-bond acceptors (Lipinski definition) is 5. The summed E-state index contributed by atoms with van der Waals surface area (Å²) >= 11 is 1.38. The number of rotatable bonds is 4. The number of nitrogens with zero attached hydrogens (tertiary/aromatic N) is 3. The van der Waals surface area contributed by atoms with Gasteiger partial charge < -0.3 is 5.32 Å². The predicted octanol–water partition coefficient (Wildman–Crippen LogP) is 1.87. The summed E-state index contributed by atoms with van der Waals surface area (Å²) in [5.74, 6) is 1.28. The molecule has 2 atom stereocenters. The van der Waals surface area contributed by atoms with Gasteiger partial charge in [-0.1, -0.05) is 6.92 Å². The van der Waals surface area contributed by atoms with Gasteiger partial charge >= 0.3 is 0 Å². The Morgan fingerprint density at radius 2 is 2.15 bits per heavy atom. The first-order valence-corrected chi connectivity index (χ1v) is 8.20. The zero-order valence-electron chi connectivity index (χ0n) is 12.3. The van der Waals surface area contributed by atoms with Gasteiger partial charge in [-0.05, 0) is 44.1 Å². The van der Waals surface area contributed by atoms with E-state index in [1.807, 2.05) is 0 Å². The van der Waals surface area contributed by atoms with Crippen LogP contribution in [-0.2, 0) is 0 Å². The Hall–Kier alpha value is -1.01. The highest BCUT2D eigenvalue weighted by Gasteiger charge is 2.33. The number of likely N-dealkylation sites (tertiary alicyclic amines) is 1. The van der Waals surface area contributed by atoms with Gasteiger partial charge in [0, 0.05) is 31.1 Å². The van der Waals surface area contributed by atoms with E-state index in [0.717, 1.165) is 18.1 Å². The fourth-order valence-electron chi connectivity index (χ4n) is 2.67. The molecule has 0 aromatic carbocycles. The molecular formula is C14H22N4OS. The van der Waals surface area contributed by atoms with Crippen molar-refractivity contribution in [3.63, 3.8) is 0 Å². The molecule has 2 fully saturated rings. The van der Waals surface area contributed by atoms with Gasteiger partial charge in [-0.2, -0.15) is 4.37 Å². The maximum atomic E-state index is 12.2. The van der Waals surface area contributed by atoms with Crippen molar-refractivity contribution in [2.45, 2.75) is 51.6 Å². The minimum Gasteiger partial charge on any atom is -0.345 e. The summed E-state index contributed by atoms with van der Waals surface area (Å²) < 4.78 is 4.20. The van der Waals surface area contributed by atoms with Crippen LogP contribution in [0.25, 0.3) is 0 Å². The first-order chi connectivity index (χ1) is 9.54. The number of aromatic nitrogens is 2. The highest BCUT2D eigenvalue weighted by Crippen LogP contribution is 2.40. The van der Waals surface area contributed by atoms with E-state index in [1.165, 1.54) is 24.4 Å². The van der Waals surface area contributed by atoms with Crippen LogP contribution in [0, 0.1) is 5.92 Å². The lowest BCUT2D eigenvalue weighted by atomic mass is 10.1. The van der Waals surface area contributed by atoms with Gasteiger partial charge in [0.1, 0.15) is 5.01 Å². The third-order valence-electron chi connectivity index (χ3n) is 4.26. The molecule has 1 aromatic rings. The molecule has 1 amide bonds. The molecule has 6 heteroatoms. The SMILES string of the molecule is CC(C)N1C[C@@H](C)[C@@H](NC(=O)c2nsc(C3CC3)n2)C1. The van der Waals surface area contributed by atoms with Gasteiger partial charge in [0.25, 0.3) is 5.91 Å². The minimum absolute atomic E-state index is 0.115. The van der Waals surface area contributed by atoms with Gasteiger partial charge in [0.2, 0.25) is 5.82 Å². The maximum Gasteiger partial charge on any atom is 0.290 e. The normalized spacial score (nSPS) is 27.2. The second-order valence-corrected chi connectivity index (χ2v) is 7.12. The molecule has 3 rings (SSSR count). The first kappa shape index (κ1) is 13.9. The molecule has 20 heavy (non-hydrogen) atoms. The second kappa shape index (κ2) is 5.41. The summed E-state index contributed by atoms with van der Waals surface area (Å²) in [6.45, 7) is 8.55.